The van der Waals surface area contributed by atoms with Crippen LogP contribution in [-0.2, 0) is 0 Å². The monoisotopic (exact) mass is 247 g/mol. The highest BCUT2D eigenvalue weighted by Gasteiger charge is 2.11. The third-order valence-corrected chi connectivity index (χ3v) is 2.63. The van der Waals surface area contributed by atoms with E-state index < -0.39 is 0 Å². The molecule has 3 nitrogen and oxygen atoms in total. The van der Waals surface area contributed by atoms with Crippen LogP contribution in [0.25, 0.3) is 0 Å². The zero-order valence-electron chi connectivity index (χ0n) is 9.18. The van der Waals surface area contributed by atoms with Crippen molar-refractivity contribution in [3.05, 3.63) is 58.9 Å². The van der Waals surface area contributed by atoms with Gasteiger partial charge in [-0.3, -0.25) is 9.78 Å². The van der Waals surface area contributed by atoms with Crippen LogP contribution in [0.5, 0.6) is 5.75 Å². The molecule has 0 spiro atoms. The van der Waals surface area contributed by atoms with Crippen LogP contribution in [0.1, 0.15) is 15.9 Å². The van der Waals surface area contributed by atoms with Crippen molar-refractivity contribution in [3.63, 3.8) is 0 Å². The summed E-state index contributed by atoms with van der Waals surface area (Å²) < 4.78 is 5.03. The molecule has 1 heterocycles. The molecule has 0 unspecified atom stereocenters. The van der Waals surface area contributed by atoms with Crippen LogP contribution in [0.2, 0.25) is 5.02 Å². The van der Waals surface area contributed by atoms with Gasteiger partial charge in [0.1, 0.15) is 5.75 Å². The van der Waals surface area contributed by atoms with E-state index in [1.807, 2.05) is 0 Å². The number of carbonyl (C=O) groups is 1. The highest BCUT2D eigenvalue weighted by Crippen LogP contribution is 2.25. The Balaban J connectivity index is 2.35. The van der Waals surface area contributed by atoms with E-state index in [-0.39, 0.29) is 5.78 Å². The average molecular weight is 248 g/mol. The smallest absolute Gasteiger partial charge is 0.194 e. The first-order chi connectivity index (χ1) is 8.22. The molecule has 0 aliphatic heterocycles. The standard InChI is InChI=1S/C13H10ClNO2/c1-17-12-5-4-9(7-11(12)14)13(16)10-3-2-6-15-8-10/h2-8H,1H3. The molecule has 0 bridgehead atoms. The van der Waals surface area contributed by atoms with E-state index in [1.54, 1.807) is 36.5 Å². The molecule has 0 aliphatic rings. The number of rotatable bonds is 3. The molecule has 86 valence electrons. The van der Waals surface area contributed by atoms with E-state index in [0.717, 1.165) is 0 Å². The van der Waals surface area contributed by atoms with Crippen molar-refractivity contribution in [2.75, 3.05) is 7.11 Å². The van der Waals surface area contributed by atoms with E-state index in [9.17, 15) is 4.79 Å². The Morgan fingerprint density at radius 1 is 1.29 bits per heavy atom. The largest absolute Gasteiger partial charge is 0.495 e. The maximum Gasteiger partial charge on any atom is 0.194 e. The van der Waals surface area contributed by atoms with E-state index >= 15 is 0 Å². The Morgan fingerprint density at radius 2 is 2.12 bits per heavy atom. The topological polar surface area (TPSA) is 39.2 Å². The van der Waals surface area contributed by atoms with Crippen molar-refractivity contribution in [1.82, 2.24) is 4.98 Å². The minimum absolute atomic E-state index is 0.109. The third kappa shape index (κ3) is 2.45. The van der Waals surface area contributed by atoms with Crippen molar-refractivity contribution in [2.45, 2.75) is 0 Å². The summed E-state index contributed by atoms with van der Waals surface area (Å²) in [4.78, 5) is 16.0. The number of hydrogen-bond acceptors (Lipinski definition) is 3. The molecular formula is C13H10ClNO2. The number of ketones is 1. The number of methoxy groups -OCH3 is 1. The fraction of sp³-hybridized carbons (Fsp3) is 0.0769. The van der Waals surface area contributed by atoms with E-state index in [4.69, 9.17) is 16.3 Å². The first-order valence-corrected chi connectivity index (χ1v) is 5.38. The highest BCUT2D eigenvalue weighted by atomic mass is 35.5. The Hall–Kier alpha value is -1.87. The Labute approximate surface area is 104 Å². The first kappa shape index (κ1) is 11.6. The van der Waals surface area contributed by atoms with Gasteiger partial charge in [-0.2, -0.15) is 0 Å². The van der Waals surface area contributed by atoms with Gasteiger partial charge in [-0.25, -0.2) is 0 Å². The number of hydrogen-bond donors (Lipinski definition) is 0. The summed E-state index contributed by atoms with van der Waals surface area (Å²) in [5.74, 6) is 0.442. The molecule has 17 heavy (non-hydrogen) atoms. The second-order valence-electron chi connectivity index (χ2n) is 3.42. The number of halogens is 1. The Morgan fingerprint density at radius 3 is 2.71 bits per heavy atom. The normalized spacial score (nSPS) is 10.0. The first-order valence-electron chi connectivity index (χ1n) is 5.00. The van der Waals surface area contributed by atoms with Gasteiger partial charge < -0.3 is 4.74 Å². The predicted molar refractivity (Wildman–Crippen MR) is 65.7 cm³/mol. The predicted octanol–water partition coefficient (Wildman–Crippen LogP) is 2.97. The number of nitrogens with zero attached hydrogens (tertiary/aromatic N) is 1. The van der Waals surface area contributed by atoms with Gasteiger partial charge >= 0.3 is 0 Å². The number of benzene rings is 1. The molecule has 0 N–H and O–H groups in total. The number of ether oxygens (including phenoxy) is 1. The molecule has 0 fully saturated rings. The number of aromatic nitrogens is 1. The second-order valence-corrected chi connectivity index (χ2v) is 3.83. The Bertz CT molecular complexity index is 540. The molecular weight excluding hydrogens is 238 g/mol. The molecule has 0 atom stereocenters. The Kier molecular flexibility index (Phi) is 3.40. The van der Waals surface area contributed by atoms with Crippen LogP contribution >= 0.6 is 11.6 Å². The van der Waals surface area contributed by atoms with Gasteiger partial charge in [-0.15, -0.1) is 0 Å². The van der Waals surface area contributed by atoms with Crippen molar-refractivity contribution in [2.24, 2.45) is 0 Å². The van der Waals surface area contributed by atoms with Crippen LogP contribution in [0.3, 0.4) is 0 Å². The van der Waals surface area contributed by atoms with E-state index in [2.05, 4.69) is 4.98 Å². The lowest BCUT2D eigenvalue weighted by atomic mass is 10.1. The fourth-order valence-electron chi connectivity index (χ4n) is 1.47. The van der Waals surface area contributed by atoms with Crippen LogP contribution in [0.15, 0.2) is 42.7 Å². The summed E-state index contributed by atoms with van der Waals surface area (Å²) in [6, 6.07) is 8.38. The summed E-state index contributed by atoms with van der Waals surface area (Å²) in [5.41, 5.74) is 1.05. The highest BCUT2D eigenvalue weighted by molar-refractivity contribution is 6.32. The van der Waals surface area contributed by atoms with Crippen LogP contribution < -0.4 is 4.74 Å². The molecule has 0 amide bonds. The van der Waals surface area contributed by atoms with E-state index in [1.165, 1.54) is 13.3 Å². The SMILES string of the molecule is COc1ccc(C(=O)c2cccnc2)cc1Cl. The lowest BCUT2D eigenvalue weighted by Crippen LogP contribution is -2.01. The fourth-order valence-corrected chi connectivity index (χ4v) is 1.73. The molecule has 0 radical (unpaired) electrons. The maximum atomic E-state index is 12.1. The average Bonchev–Trinajstić information content (AvgIpc) is 2.39. The van der Waals surface area contributed by atoms with E-state index in [0.29, 0.717) is 21.9 Å². The molecule has 0 saturated carbocycles. The molecule has 4 heteroatoms. The quantitative estimate of drug-likeness (QED) is 0.783. The zero-order chi connectivity index (χ0) is 12.3. The van der Waals surface area contributed by atoms with Gasteiger partial charge in [0, 0.05) is 23.5 Å². The number of carbonyl (C=O) groups excluding carboxylic acids is 1. The molecule has 0 aliphatic carbocycles. The van der Waals surface area contributed by atoms with Gasteiger partial charge in [0.15, 0.2) is 5.78 Å². The van der Waals surface area contributed by atoms with Gasteiger partial charge in [-0.1, -0.05) is 11.6 Å². The second kappa shape index (κ2) is 4.97. The minimum atomic E-state index is -0.109. The van der Waals surface area contributed by atoms with Crippen molar-refractivity contribution >= 4 is 17.4 Å². The number of pyridine rings is 1. The van der Waals surface area contributed by atoms with Crippen LogP contribution in [0.4, 0.5) is 0 Å². The molecule has 2 rings (SSSR count). The summed E-state index contributed by atoms with van der Waals surface area (Å²) in [6.07, 6.45) is 3.15. The van der Waals surface area contributed by atoms with Gasteiger partial charge in [0.05, 0.1) is 12.1 Å². The lowest BCUT2D eigenvalue weighted by Gasteiger charge is -2.05. The van der Waals surface area contributed by atoms with Crippen LogP contribution in [-0.4, -0.2) is 17.9 Å². The van der Waals surface area contributed by atoms with Gasteiger partial charge in [-0.05, 0) is 30.3 Å². The minimum Gasteiger partial charge on any atom is -0.495 e. The zero-order valence-corrected chi connectivity index (χ0v) is 9.94. The van der Waals surface area contributed by atoms with Gasteiger partial charge in [0.25, 0.3) is 0 Å². The molecule has 1 aromatic carbocycles. The van der Waals surface area contributed by atoms with Crippen molar-refractivity contribution < 1.29 is 9.53 Å². The summed E-state index contributed by atoms with van der Waals surface area (Å²) in [5, 5.41) is 0.419. The molecule has 2 aromatic rings. The van der Waals surface area contributed by atoms with Crippen LogP contribution in [0, 0.1) is 0 Å². The van der Waals surface area contributed by atoms with Crippen molar-refractivity contribution in [1.29, 1.82) is 0 Å². The van der Waals surface area contributed by atoms with Gasteiger partial charge in [0.2, 0.25) is 0 Å². The lowest BCUT2D eigenvalue weighted by molar-refractivity contribution is 0.103. The maximum absolute atomic E-state index is 12.1. The summed E-state index contributed by atoms with van der Waals surface area (Å²) in [6.45, 7) is 0. The van der Waals surface area contributed by atoms with Crippen molar-refractivity contribution in [3.8, 4) is 5.75 Å². The summed E-state index contributed by atoms with van der Waals surface area (Å²) >= 11 is 5.97. The molecule has 0 saturated heterocycles. The summed E-state index contributed by atoms with van der Waals surface area (Å²) in [7, 11) is 1.53. The third-order valence-electron chi connectivity index (χ3n) is 2.34. The molecule has 1 aromatic heterocycles.